The summed E-state index contributed by atoms with van der Waals surface area (Å²) >= 11 is 6.00. The van der Waals surface area contributed by atoms with Crippen LogP contribution in [0.3, 0.4) is 0 Å². The summed E-state index contributed by atoms with van der Waals surface area (Å²) in [6.45, 7) is 4.27. The zero-order chi connectivity index (χ0) is 13.7. The lowest BCUT2D eigenvalue weighted by Crippen LogP contribution is -2.31. The van der Waals surface area contributed by atoms with Crippen LogP contribution in [0, 0.1) is 17.6 Å². The van der Waals surface area contributed by atoms with Crippen LogP contribution in [0.2, 0.25) is 0 Å². The van der Waals surface area contributed by atoms with Crippen molar-refractivity contribution in [2.24, 2.45) is 5.92 Å². The number of alkyl halides is 1. The van der Waals surface area contributed by atoms with E-state index in [2.05, 4.69) is 5.32 Å². The van der Waals surface area contributed by atoms with Crippen molar-refractivity contribution in [1.29, 1.82) is 0 Å². The smallest absolute Gasteiger partial charge is 0.254 e. The molecule has 0 saturated heterocycles. The van der Waals surface area contributed by atoms with E-state index in [4.69, 9.17) is 11.6 Å². The molecule has 1 aromatic rings. The molecular weight excluding hydrogens is 260 g/mol. The fraction of sp³-hybridized carbons (Fsp3) is 0.462. The Hall–Kier alpha value is -1.16. The third-order valence-corrected chi connectivity index (χ3v) is 2.72. The fourth-order valence-corrected chi connectivity index (χ4v) is 2.00. The second-order valence-corrected chi connectivity index (χ2v) is 5.18. The normalized spacial score (nSPS) is 12.6. The number of amides is 1. The Morgan fingerprint density at radius 1 is 1.39 bits per heavy atom. The highest BCUT2D eigenvalue weighted by Crippen LogP contribution is 2.12. The van der Waals surface area contributed by atoms with Crippen LogP contribution < -0.4 is 5.32 Å². The molecule has 0 radical (unpaired) electrons. The molecule has 5 heteroatoms. The maximum atomic E-state index is 13.3. The number of carbonyl (C=O) groups excluding carboxylic acids is 1. The molecule has 0 heterocycles. The van der Waals surface area contributed by atoms with E-state index in [0.717, 1.165) is 24.6 Å². The van der Waals surface area contributed by atoms with Crippen LogP contribution in [0.4, 0.5) is 8.78 Å². The summed E-state index contributed by atoms with van der Waals surface area (Å²) in [6.07, 6.45) is 0.744. The molecule has 0 saturated carbocycles. The second-order valence-electron chi connectivity index (χ2n) is 4.56. The van der Waals surface area contributed by atoms with Gasteiger partial charge in [-0.3, -0.25) is 4.79 Å². The summed E-state index contributed by atoms with van der Waals surface area (Å²) in [6, 6.07) is 2.77. The largest absolute Gasteiger partial charge is 0.350 e. The Labute approximate surface area is 110 Å². The molecule has 0 aromatic heterocycles. The molecule has 1 rings (SSSR count). The van der Waals surface area contributed by atoms with Gasteiger partial charge in [-0.1, -0.05) is 13.8 Å². The van der Waals surface area contributed by atoms with Crippen LogP contribution in [-0.4, -0.2) is 17.8 Å². The predicted octanol–water partition coefficient (Wildman–Crippen LogP) is 3.35. The molecule has 1 amide bonds. The second kappa shape index (κ2) is 6.69. The van der Waals surface area contributed by atoms with E-state index < -0.39 is 17.5 Å². The standard InChI is InChI=1S/C13H16ClF2NO/c1-8(2)5-9(14)7-17-13(18)11-6-10(15)3-4-12(11)16/h3-4,6,8-9H,5,7H2,1-2H3,(H,17,18). The summed E-state index contributed by atoms with van der Waals surface area (Å²) < 4.78 is 26.2. The van der Waals surface area contributed by atoms with E-state index in [9.17, 15) is 13.6 Å². The highest BCUT2D eigenvalue weighted by molar-refractivity contribution is 6.20. The number of halogens is 3. The van der Waals surface area contributed by atoms with Crippen molar-refractivity contribution in [2.45, 2.75) is 25.6 Å². The maximum absolute atomic E-state index is 13.3. The maximum Gasteiger partial charge on any atom is 0.254 e. The number of hydrogen-bond acceptors (Lipinski definition) is 1. The van der Waals surface area contributed by atoms with Gasteiger partial charge >= 0.3 is 0 Å². The van der Waals surface area contributed by atoms with Gasteiger partial charge in [0, 0.05) is 6.54 Å². The molecular formula is C13H16ClF2NO. The Balaban J connectivity index is 2.58. The van der Waals surface area contributed by atoms with Crippen LogP contribution in [0.15, 0.2) is 18.2 Å². The molecule has 0 aliphatic rings. The van der Waals surface area contributed by atoms with E-state index in [0.29, 0.717) is 5.92 Å². The first kappa shape index (κ1) is 14.9. The van der Waals surface area contributed by atoms with Gasteiger partial charge in [0.05, 0.1) is 10.9 Å². The van der Waals surface area contributed by atoms with E-state index in [1.165, 1.54) is 0 Å². The van der Waals surface area contributed by atoms with Crippen molar-refractivity contribution >= 4 is 17.5 Å². The van der Waals surface area contributed by atoms with E-state index in [-0.39, 0.29) is 17.5 Å². The molecule has 2 nitrogen and oxygen atoms in total. The van der Waals surface area contributed by atoms with E-state index >= 15 is 0 Å². The van der Waals surface area contributed by atoms with Crippen LogP contribution in [0.1, 0.15) is 30.6 Å². The Morgan fingerprint density at radius 2 is 2.06 bits per heavy atom. The summed E-state index contributed by atoms with van der Waals surface area (Å²) in [4.78, 5) is 11.6. The number of nitrogens with one attached hydrogen (secondary N) is 1. The van der Waals surface area contributed by atoms with Crippen LogP contribution in [0.5, 0.6) is 0 Å². The Kier molecular flexibility index (Phi) is 5.54. The highest BCUT2D eigenvalue weighted by atomic mass is 35.5. The Morgan fingerprint density at radius 3 is 2.67 bits per heavy atom. The first-order chi connectivity index (χ1) is 8.40. The van der Waals surface area contributed by atoms with Gasteiger partial charge < -0.3 is 5.32 Å². The number of hydrogen-bond donors (Lipinski definition) is 1. The minimum atomic E-state index is -0.746. The Bertz CT molecular complexity index is 423. The monoisotopic (exact) mass is 275 g/mol. The van der Waals surface area contributed by atoms with Crippen molar-refractivity contribution in [2.75, 3.05) is 6.54 Å². The third-order valence-electron chi connectivity index (χ3n) is 2.38. The summed E-state index contributed by atoms with van der Waals surface area (Å²) in [5.41, 5.74) is -0.302. The topological polar surface area (TPSA) is 29.1 Å². The summed E-state index contributed by atoms with van der Waals surface area (Å²) in [5, 5.41) is 2.28. The zero-order valence-electron chi connectivity index (χ0n) is 10.3. The molecule has 0 bridgehead atoms. The SMILES string of the molecule is CC(C)CC(Cl)CNC(=O)c1cc(F)ccc1F. The van der Waals surface area contributed by atoms with Gasteiger partial charge in [0.25, 0.3) is 5.91 Å². The van der Waals surface area contributed by atoms with Gasteiger partial charge in [-0.2, -0.15) is 0 Å². The molecule has 0 aliphatic carbocycles. The molecule has 1 aromatic carbocycles. The summed E-state index contributed by atoms with van der Waals surface area (Å²) in [7, 11) is 0. The highest BCUT2D eigenvalue weighted by Gasteiger charge is 2.14. The molecule has 0 spiro atoms. The first-order valence-electron chi connectivity index (χ1n) is 5.77. The first-order valence-corrected chi connectivity index (χ1v) is 6.21. The predicted molar refractivity (Wildman–Crippen MR) is 67.8 cm³/mol. The van der Waals surface area contributed by atoms with Gasteiger partial charge in [0.1, 0.15) is 11.6 Å². The van der Waals surface area contributed by atoms with Gasteiger partial charge in [-0.25, -0.2) is 8.78 Å². The van der Waals surface area contributed by atoms with Crippen molar-refractivity contribution in [1.82, 2.24) is 5.32 Å². The quantitative estimate of drug-likeness (QED) is 0.821. The van der Waals surface area contributed by atoms with Gasteiger partial charge in [0.2, 0.25) is 0 Å². The summed E-state index contributed by atoms with van der Waals surface area (Å²) in [5.74, 6) is -1.63. The lowest BCUT2D eigenvalue weighted by molar-refractivity contribution is 0.0948. The van der Waals surface area contributed by atoms with Crippen LogP contribution >= 0.6 is 11.6 Å². The van der Waals surface area contributed by atoms with Gasteiger partial charge in [0.15, 0.2) is 0 Å². The minimum absolute atomic E-state index is 0.217. The van der Waals surface area contributed by atoms with Crippen molar-refractivity contribution in [3.05, 3.63) is 35.4 Å². The molecule has 18 heavy (non-hydrogen) atoms. The molecule has 0 aliphatic heterocycles. The van der Waals surface area contributed by atoms with E-state index in [1.807, 2.05) is 13.8 Å². The van der Waals surface area contributed by atoms with Gasteiger partial charge in [-0.15, -0.1) is 11.6 Å². The molecule has 0 fully saturated rings. The lowest BCUT2D eigenvalue weighted by Gasteiger charge is -2.13. The number of rotatable bonds is 5. The molecule has 1 atom stereocenters. The van der Waals surface area contributed by atoms with Crippen molar-refractivity contribution in [3.8, 4) is 0 Å². The third kappa shape index (κ3) is 4.61. The van der Waals surface area contributed by atoms with Crippen LogP contribution in [-0.2, 0) is 0 Å². The number of benzene rings is 1. The van der Waals surface area contributed by atoms with Crippen molar-refractivity contribution in [3.63, 3.8) is 0 Å². The van der Waals surface area contributed by atoms with E-state index in [1.54, 1.807) is 0 Å². The minimum Gasteiger partial charge on any atom is -0.350 e. The van der Waals surface area contributed by atoms with Crippen LogP contribution in [0.25, 0.3) is 0 Å². The van der Waals surface area contributed by atoms with Crippen molar-refractivity contribution < 1.29 is 13.6 Å². The average molecular weight is 276 g/mol. The van der Waals surface area contributed by atoms with Gasteiger partial charge in [-0.05, 0) is 30.5 Å². The zero-order valence-corrected chi connectivity index (χ0v) is 11.1. The lowest BCUT2D eigenvalue weighted by atomic mass is 10.1. The molecule has 1 unspecified atom stereocenters. The molecule has 100 valence electrons. The molecule has 1 N–H and O–H groups in total. The average Bonchev–Trinajstić information content (AvgIpc) is 2.28. The number of carbonyl (C=O) groups is 1. The fourth-order valence-electron chi connectivity index (χ4n) is 1.57.